The molecule has 7 heteroatoms. The third kappa shape index (κ3) is 4.72. The molecule has 2 heterocycles. The number of aromatic nitrogens is 2. The fourth-order valence-electron chi connectivity index (χ4n) is 2.85. The van der Waals surface area contributed by atoms with Crippen LogP contribution in [0.3, 0.4) is 0 Å². The predicted octanol–water partition coefficient (Wildman–Crippen LogP) is 2.38. The van der Waals surface area contributed by atoms with E-state index < -0.39 is 0 Å². The van der Waals surface area contributed by atoms with Crippen LogP contribution in [0, 0.1) is 0 Å². The monoisotopic (exact) mass is 335 g/mol. The van der Waals surface area contributed by atoms with Gasteiger partial charge in [0.15, 0.2) is 0 Å². The molecule has 0 bridgehead atoms. The summed E-state index contributed by atoms with van der Waals surface area (Å²) in [6.07, 6.45) is 3.75. The van der Waals surface area contributed by atoms with E-state index in [2.05, 4.69) is 28.6 Å². The van der Waals surface area contributed by atoms with Gasteiger partial charge < -0.3 is 19.4 Å². The van der Waals surface area contributed by atoms with Gasteiger partial charge in [0.25, 0.3) is 0 Å². The van der Waals surface area contributed by atoms with E-state index in [1.807, 2.05) is 19.2 Å². The fraction of sp³-hybridized carbons (Fsp3) is 0.706. The lowest BCUT2D eigenvalue weighted by molar-refractivity contribution is 0.105. The molecule has 1 aromatic heterocycles. The molecule has 1 aromatic rings. The number of ether oxygens (including phenoxy) is 1. The van der Waals surface area contributed by atoms with Gasteiger partial charge in [-0.05, 0) is 25.8 Å². The smallest absolute Gasteiger partial charge is 0.409 e. The number of carbonyl (C=O) groups excluding carboxylic acids is 1. The first-order valence-electron chi connectivity index (χ1n) is 8.94. The Balaban J connectivity index is 2.00. The fourth-order valence-corrected chi connectivity index (χ4v) is 2.85. The Labute approximate surface area is 144 Å². The molecule has 0 saturated carbocycles. The third-order valence-electron chi connectivity index (χ3n) is 4.03. The van der Waals surface area contributed by atoms with Crippen molar-refractivity contribution in [2.75, 3.05) is 55.7 Å². The molecule has 0 radical (unpaired) electrons. The van der Waals surface area contributed by atoms with E-state index in [1.165, 1.54) is 0 Å². The highest BCUT2D eigenvalue weighted by Gasteiger charge is 2.23. The van der Waals surface area contributed by atoms with E-state index in [1.54, 1.807) is 4.90 Å². The number of anilines is 2. The summed E-state index contributed by atoms with van der Waals surface area (Å²) < 4.78 is 5.06. The lowest BCUT2D eigenvalue weighted by atomic mass is 10.3. The summed E-state index contributed by atoms with van der Waals surface area (Å²) in [5.41, 5.74) is 0. The van der Waals surface area contributed by atoms with E-state index in [0.29, 0.717) is 19.7 Å². The maximum Gasteiger partial charge on any atom is 0.409 e. The van der Waals surface area contributed by atoms with Crippen LogP contribution in [-0.2, 0) is 4.74 Å². The first-order valence-corrected chi connectivity index (χ1v) is 8.94. The van der Waals surface area contributed by atoms with E-state index in [9.17, 15) is 4.79 Å². The SMILES string of the molecule is CCCN(CCC)c1nccc(N2CCN(C(=O)OCC)CC2)n1. The zero-order chi connectivity index (χ0) is 17.4. The van der Waals surface area contributed by atoms with Gasteiger partial charge in [-0.25, -0.2) is 9.78 Å². The van der Waals surface area contributed by atoms with E-state index in [4.69, 9.17) is 9.72 Å². The summed E-state index contributed by atoms with van der Waals surface area (Å²) >= 11 is 0. The Bertz CT molecular complexity index is 511. The maximum atomic E-state index is 11.8. The average molecular weight is 335 g/mol. The van der Waals surface area contributed by atoms with Crippen molar-refractivity contribution in [3.63, 3.8) is 0 Å². The minimum atomic E-state index is -0.224. The average Bonchev–Trinajstić information content (AvgIpc) is 2.62. The van der Waals surface area contributed by atoms with Crippen molar-refractivity contribution in [1.82, 2.24) is 14.9 Å². The second-order valence-corrected chi connectivity index (χ2v) is 5.87. The summed E-state index contributed by atoms with van der Waals surface area (Å²) in [5.74, 6) is 1.73. The van der Waals surface area contributed by atoms with Gasteiger partial charge in [-0.15, -0.1) is 0 Å². The van der Waals surface area contributed by atoms with E-state index >= 15 is 0 Å². The van der Waals surface area contributed by atoms with Crippen LogP contribution >= 0.6 is 0 Å². The van der Waals surface area contributed by atoms with Gasteiger partial charge in [-0.3, -0.25) is 0 Å². The number of amides is 1. The van der Waals surface area contributed by atoms with Crippen molar-refractivity contribution in [3.05, 3.63) is 12.3 Å². The topological polar surface area (TPSA) is 61.8 Å². The number of hydrogen-bond donors (Lipinski definition) is 0. The molecule has 24 heavy (non-hydrogen) atoms. The zero-order valence-corrected chi connectivity index (χ0v) is 15.1. The van der Waals surface area contributed by atoms with Gasteiger partial charge in [0, 0.05) is 45.5 Å². The maximum absolute atomic E-state index is 11.8. The van der Waals surface area contributed by atoms with Crippen molar-refractivity contribution < 1.29 is 9.53 Å². The quantitative estimate of drug-likeness (QED) is 0.762. The predicted molar refractivity (Wildman–Crippen MR) is 95.6 cm³/mol. The lowest BCUT2D eigenvalue weighted by Crippen LogP contribution is -2.49. The Kier molecular flexibility index (Phi) is 7.08. The molecule has 0 aliphatic carbocycles. The highest BCUT2D eigenvalue weighted by molar-refractivity contribution is 5.68. The normalized spacial score (nSPS) is 14.6. The number of rotatable bonds is 7. The van der Waals surface area contributed by atoms with Gasteiger partial charge in [-0.1, -0.05) is 13.8 Å². The van der Waals surface area contributed by atoms with E-state index in [0.717, 1.165) is 50.8 Å². The minimum Gasteiger partial charge on any atom is -0.450 e. The Hall–Kier alpha value is -2.05. The van der Waals surface area contributed by atoms with Gasteiger partial charge in [0.05, 0.1) is 6.61 Å². The molecule has 134 valence electrons. The molecule has 0 N–H and O–H groups in total. The molecule has 0 aromatic carbocycles. The molecule has 0 atom stereocenters. The van der Waals surface area contributed by atoms with Crippen molar-refractivity contribution in [2.24, 2.45) is 0 Å². The van der Waals surface area contributed by atoms with Crippen LogP contribution in [0.25, 0.3) is 0 Å². The Morgan fingerprint density at radius 2 is 1.83 bits per heavy atom. The zero-order valence-electron chi connectivity index (χ0n) is 15.1. The molecule has 1 saturated heterocycles. The second kappa shape index (κ2) is 9.30. The highest BCUT2D eigenvalue weighted by Crippen LogP contribution is 2.17. The molecular weight excluding hydrogens is 306 g/mol. The molecule has 0 spiro atoms. The molecule has 0 unspecified atom stereocenters. The number of piperazine rings is 1. The van der Waals surface area contributed by atoms with Crippen molar-refractivity contribution in [1.29, 1.82) is 0 Å². The summed E-state index contributed by atoms with van der Waals surface area (Å²) in [7, 11) is 0. The lowest BCUT2D eigenvalue weighted by Gasteiger charge is -2.35. The van der Waals surface area contributed by atoms with Crippen LogP contribution < -0.4 is 9.80 Å². The minimum absolute atomic E-state index is 0.224. The molecule has 1 aliphatic rings. The highest BCUT2D eigenvalue weighted by atomic mass is 16.6. The number of nitrogens with zero attached hydrogens (tertiary/aromatic N) is 5. The molecular formula is C17H29N5O2. The first-order chi connectivity index (χ1) is 11.7. The van der Waals surface area contributed by atoms with Crippen molar-refractivity contribution >= 4 is 17.9 Å². The molecule has 2 rings (SSSR count). The van der Waals surface area contributed by atoms with Crippen molar-refractivity contribution in [2.45, 2.75) is 33.6 Å². The number of hydrogen-bond acceptors (Lipinski definition) is 6. The largest absolute Gasteiger partial charge is 0.450 e. The summed E-state index contributed by atoms with van der Waals surface area (Å²) in [6, 6.07) is 1.94. The van der Waals surface area contributed by atoms with Gasteiger partial charge in [0.2, 0.25) is 5.95 Å². The van der Waals surface area contributed by atoms with Crippen LogP contribution in [0.1, 0.15) is 33.6 Å². The summed E-state index contributed by atoms with van der Waals surface area (Å²) in [4.78, 5) is 27.2. The number of carbonyl (C=O) groups is 1. The summed E-state index contributed by atoms with van der Waals surface area (Å²) in [6.45, 7) is 11.4. The standard InChI is InChI=1S/C17H29N5O2/c1-4-9-21(10-5-2)16-18-8-7-15(19-16)20-11-13-22(14-12-20)17(23)24-6-3/h7-8H,4-6,9-14H2,1-3H3. The van der Waals surface area contributed by atoms with Gasteiger partial charge >= 0.3 is 6.09 Å². The Morgan fingerprint density at radius 1 is 1.17 bits per heavy atom. The first kappa shape index (κ1) is 18.3. The van der Waals surface area contributed by atoms with Gasteiger partial charge in [-0.2, -0.15) is 4.98 Å². The third-order valence-corrected chi connectivity index (χ3v) is 4.03. The van der Waals surface area contributed by atoms with Crippen molar-refractivity contribution in [3.8, 4) is 0 Å². The molecule has 1 amide bonds. The second-order valence-electron chi connectivity index (χ2n) is 5.87. The molecule has 1 aliphatic heterocycles. The van der Waals surface area contributed by atoms with Crippen LogP contribution in [0.5, 0.6) is 0 Å². The molecule has 1 fully saturated rings. The Morgan fingerprint density at radius 3 is 2.42 bits per heavy atom. The summed E-state index contributed by atoms with van der Waals surface area (Å²) in [5, 5.41) is 0. The van der Waals surface area contributed by atoms with Crippen LogP contribution in [0.2, 0.25) is 0 Å². The molecule has 7 nitrogen and oxygen atoms in total. The van der Waals surface area contributed by atoms with Crippen LogP contribution in [0.4, 0.5) is 16.6 Å². The van der Waals surface area contributed by atoms with E-state index in [-0.39, 0.29) is 6.09 Å². The van der Waals surface area contributed by atoms with Crippen LogP contribution in [0.15, 0.2) is 12.3 Å². The van der Waals surface area contributed by atoms with Crippen LogP contribution in [-0.4, -0.2) is 66.8 Å². The van der Waals surface area contributed by atoms with Gasteiger partial charge in [0.1, 0.15) is 5.82 Å².